The number of nitrogens with zero attached hydrogens (tertiary/aromatic N) is 2. The van der Waals surface area contributed by atoms with Gasteiger partial charge < -0.3 is 5.11 Å². The molecule has 2 heterocycles. The molecule has 2 aliphatic heterocycles. The third-order valence-corrected chi connectivity index (χ3v) is 5.22. The molecule has 1 aromatic rings. The predicted molar refractivity (Wildman–Crippen MR) is 86.8 cm³/mol. The summed E-state index contributed by atoms with van der Waals surface area (Å²) in [4.78, 5) is 4.40. The normalized spacial score (nSPS) is 33.2. The fourth-order valence-electron chi connectivity index (χ4n) is 3.88. The number of halogens is 1. The molecule has 1 aromatic carbocycles. The minimum absolute atomic E-state index is 0.323. The first-order valence-corrected chi connectivity index (χ1v) is 8.19. The van der Waals surface area contributed by atoms with Crippen molar-refractivity contribution in [3.8, 4) is 0 Å². The molecule has 4 nitrogen and oxygen atoms in total. The molecule has 2 N–H and O–H groups in total. The first-order chi connectivity index (χ1) is 10.7. The largest absolute Gasteiger partial charge is 0.357 e. The number of hydrazone groups is 1. The Kier molecular flexibility index (Phi) is 3.31. The maximum atomic E-state index is 11.4. The van der Waals surface area contributed by atoms with Crippen molar-refractivity contribution in [1.82, 2.24) is 5.43 Å². The maximum Gasteiger partial charge on any atom is 0.269 e. The Hall–Kier alpha value is -1.65. The second kappa shape index (κ2) is 5.21. The number of rotatable bonds is 1. The molecule has 1 fully saturated rings. The van der Waals surface area contributed by atoms with Gasteiger partial charge in [0, 0.05) is 10.6 Å². The summed E-state index contributed by atoms with van der Waals surface area (Å²) in [5.74, 6) is 0.818. The summed E-state index contributed by atoms with van der Waals surface area (Å²) in [5, 5.41) is 12.0. The van der Waals surface area contributed by atoms with Gasteiger partial charge in [-0.2, -0.15) is 0 Å². The molecule has 0 radical (unpaired) electrons. The van der Waals surface area contributed by atoms with E-state index in [0.717, 1.165) is 17.7 Å². The van der Waals surface area contributed by atoms with Crippen LogP contribution >= 0.6 is 11.6 Å². The SMILES string of the molecule is OC1(c2ccc(Cl)cc2)N=CN[N+]2=C1C1CCCCC1C=C2. The van der Waals surface area contributed by atoms with Gasteiger partial charge in [-0.1, -0.05) is 41.3 Å². The third kappa shape index (κ3) is 2.09. The molecule has 0 spiro atoms. The number of aliphatic hydroxyl groups is 1. The number of allylic oxidation sites excluding steroid dienone is 1. The molecule has 1 saturated carbocycles. The highest BCUT2D eigenvalue weighted by Gasteiger charge is 2.52. The van der Waals surface area contributed by atoms with Crippen molar-refractivity contribution in [2.75, 3.05) is 0 Å². The Morgan fingerprint density at radius 1 is 1.23 bits per heavy atom. The smallest absolute Gasteiger partial charge is 0.269 e. The van der Waals surface area contributed by atoms with E-state index in [1.54, 1.807) is 18.5 Å². The van der Waals surface area contributed by atoms with Crippen LogP contribution in [-0.2, 0) is 5.72 Å². The number of nitrogens with one attached hydrogen (secondary N) is 1. The molecule has 1 aliphatic carbocycles. The average Bonchev–Trinajstić information content (AvgIpc) is 2.55. The number of aliphatic imine (C=N–C) groups is 1. The zero-order chi connectivity index (χ0) is 15.2. The lowest BCUT2D eigenvalue weighted by Gasteiger charge is -2.36. The van der Waals surface area contributed by atoms with Crippen molar-refractivity contribution in [1.29, 1.82) is 0 Å². The van der Waals surface area contributed by atoms with E-state index in [1.807, 2.05) is 23.0 Å². The number of hydrazine groups is 1. The molecule has 3 atom stereocenters. The van der Waals surface area contributed by atoms with Crippen LogP contribution in [0.2, 0.25) is 5.02 Å². The molecule has 0 saturated heterocycles. The van der Waals surface area contributed by atoms with Gasteiger partial charge in [-0.05, 0) is 37.0 Å². The second-order valence-corrected chi connectivity index (χ2v) is 6.65. The number of hydrogen-bond acceptors (Lipinski definition) is 3. The molecule has 22 heavy (non-hydrogen) atoms. The zero-order valence-corrected chi connectivity index (χ0v) is 13.0. The van der Waals surface area contributed by atoms with Gasteiger partial charge >= 0.3 is 0 Å². The molecule has 0 amide bonds. The zero-order valence-electron chi connectivity index (χ0n) is 12.2. The Bertz CT molecular complexity index is 680. The van der Waals surface area contributed by atoms with Crippen molar-refractivity contribution in [2.45, 2.75) is 31.4 Å². The first kappa shape index (κ1) is 14.0. The van der Waals surface area contributed by atoms with E-state index in [-0.39, 0.29) is 0 Å². The lowest BCUT2D eigenvalue weighted by molar-refractivity contribution is -0.515. The van der Waals surface area contributed by atoms with Crippen molar-refractivity contribution in [2.24, 2.45) is 16.8 Å². The van der Waals surface area contributed by atoms with Gasteiger partial charge in [0.05, 0.1) is 5.92 Å². The van der Waals surface area contributed by atoms with Crippen LogP contribution in [0.5, 0.6) is 0 Å². The number of benzene rings is 1. The van der Waals surface area contributed by atoms with Gasteiger partial charge in [-0.3, -0.25) is 0 Å². The number of fused-ring (bicyclic) bond motifs is 2. The fraction of sp³-hybridized carbons (Fsp3) is 0.412. The van der Waals surface area contributed by atoms with Gasteiger partial charge in [-0.25, -0.2) is 4.99 Å². The van der Waals surface area contributed by atoms with Crippen LogP contribution in [0.4, 0.5) is 0 Å². The van der Waals surface area contributed by atoms with E-state index in [0.29, 0.717) is 16.9 Å². The molecule has 3 unspecified atom stereocenters. The lowest BCUT2D eigenvalue weighted by Crippen LogP contribution is -2.54. The van der Waals surface area contributed by atoms with Gasteiger partial charge in [-0.15, -0.1) is 5.43 Å². The van der Waals surface area contributed by atoms with E-state index in [9.17, 15) is 5.11 Å². The predicted octanol–water partition coefficient (Wildman–Crippen LogP) is 2.82. The molecule has 4 rings (SSSR count). The van der Waals surface area contributed by atoms with Crippen LogP contribution in [0.25, 0.3) is 0 Å². The van der Waals surface area contributed by atoms with Crippen molar-refractivity contribution >= 4 is 23.7 Å². The van der Waals surface area contributed by atoms with Gasteiger partial charge in [0.15, 0.2) is 6.20 Å². The molecular formula is C17H19ClN3O+. The highest BCUT2D eigenvalue weighted by atomic mass is 35.5. The fourth-order valence-corrected chi connectivity index (χ4v) is 4.01. The lowest BCUT2D eigenvalue weighted by atomic mass is 9.72. The van der Waals surface area contributed by atoms with Crippen LogP contribution in [-0.4, -0.2) is 21.8 Å². The summed E-state index contributed by atoms with van der Waals surface area (Å²) >= 11 is 5.98. The Morgan fingerprint density at radius 2 is 2.00 bits per heavy atom. The van der Waals surface area contributed by atoms with Crippen LogP contribution in [0, 0.1) is 11.8 Å². The minimum Gasteiger partial charge on any atom is -0.357 e. The summed E-state index contributed by atoms with van der Waals surface area (Å²) in [5.41, 5.74) is 3.50. The molecule has 0 bridgehead atoms. The van der Waals surface area contributed by atoms with E-state index in [2.05, 4.69) is 16.5 Å². The summed E-state index contributed by atoms with van der Waals surface area (Å²) in [6, 6.07) is 7.31. The summed E-state index contributed by atoms with van der Waals surface area (Å²) in [6.07, 6.45) is 10.6. The van der Waals surface area contributed by atoms with Crippen molar-refractivity contribution < 1.29 is 9.79 Å². The average molecular weight is 317 g/mol. The van der Waals surface area contributed by atoms with Gasteiger partial charge in [0.2, 0.25) is 0 Å². The maximum absolute atomic E-state index is 11.4. The Labute approximate surface area is 134 Å². The molecule has 0 aromatic heterocycles. The summed E-state index contributed by atoms with van der Waals surface area (Å²) in [7, 11) is 0. The quantitative estimate of drug-likeness (QED) is 0.783. The van der Waals surface area contributed by atoms with Crippen LogP contribution < -0.4 is 5.43 Å². The van der Waals surface area contributed by atoms with Gasteiger partial charge in [0.1, 0.15) is 6.34 Å². The monoisotopic (exact) mass is 316 g/mol. The van der Waals surface area contributed by atoms with Crippen LogP contribution in [0.1, 0.15) is 31.2 Å². The van der Waals surface area contributed by atoms with E-state index in [4.69, 9.17) is 11.6 Å². The standard InChI is InChI=1S/C17H19ClN3O/c18-14-7-5-13(6-8-14)17(22)16-15-4-2-1-3-12(15)9-10-21(16)20-11-19-17/h5-12,15,22H,1-4H2,(H,19,20)/q+1. The third-order valence-electron chi connectivity index (χ3n) is 4.96. The Morgan fingerprint density at radius 3 is 2.82 bits per heavy atom. The molecular weight excluding hydrogens is 298 g/mol. The van der Waals surface area contributed by atoms with Crippen molar-refractivity contribution in [3.63, 3.8) is 0 Å². The Balaban J connectivity index is 1.82. The first-order valence-electron chi connectivity index (χ1n) is 7.82. The van der Waals surface area contributed by atoms with E-state index in [1.165, 1.54) is 19.3 Å². The molecule has 5 heteroatoms. The minimum atomic E-state index is -1.32. The highest BCUT2D eigenvalue weighted by Crippen LogP contribution is 2.40. The van der Waals surface area contributed by atoms with E-state index >= 15 is 0 Å². The van der Waals surface area contributed by atoms with Crippen LogP contribution in [0.3, 0.4) is 0 Å². The van der Waals surface area contributed by atoms with Crippen LogP contribution in [0.15, 0.2) is 41.5 Å². The second-order valence-electron chi connectivity index (χ2n) is 6.22. The van der Waals surface area contributed by atoms with E-state index < -0.39 is 5.72 Å². The molecule has 114 valence electrons. The molecule has 3 aliphatic rings. The topological polar surface area (TPSA) is 47.6 Å². The van der Waals surface area contributed by atoms with Gasteiger partial charge in [0.25, 0.3) is 11.4 Å². The van der Waals surface area contributed by atoms with Crippen molar-refractivity contribution in [3.05, 3.63) is 47.1 Å². The summed E-state index contributed by atoms with van der Waals surface area (Å²) < 4.78 is 1.92. The number of hydrogen-bond donors (Lipinski definition) is 2. The summed E-state index contributed by atoms with van der Waals surface area (Å²) in [6.45, 7) is 0. The highest BCUT2D eigenvalue weighted by molar-refractivity contribution is 6.30.